The van der Waals surface area contributed by atoms with Crippen LogP contribution < -0.4 is 20.1 Å². The van der Waals surface area contributed by atoms with Gasteiger partial charge in [-0.05, 0) is 49.8 Å². The molecule has 3 rings (SSSR count). The molecule has 132 valence electrons. The highest BCUT2D eigenvalue weighted by Gasteiger charge is 2.27. The molecule has 0 spiro atoms. The van der Waals surface area contributed by atoms with E-state index >= 15 is 0 Å². The molecular formula is C18H26N2O4. The molecule has 2 aliphatic rings. The minimum Gasteiger partial charge on any atom is -0.493 e. The Morgan fingerprint density at radius 2 is 2.12 bits per heavy atom. The van der Waals surface area contributed by atoms with E-state index in [0.29, 0.717) is 25.3 Å². The lowest BCUT2D eigenvalue weighted by atomic mass is 10.1. The average Bonchev–Trinajstić information content (AvgIpc) is 3.25. The van der Waals surface area contributed by atoms with E-state index in [2.05, 4.69) is 10.6 Å². The summed E-state index contributed by atoms with van der Waals surface area (Å²) in [5, 5.41) is 15.4. The van der Waals surface area contributed by atoms with Crippen molar-refractivity contribution in [2.24, 2.45) is 0 Å². The fourth-order valence-corrected chi connectivity index (χ4v) is 3.33. The Bertz CT molecular complexity index is 572. The van der Waals surface area contributed by atoms with E-state index in [9.17, 15) is 9.90 Å². The summed E-state index contributed by atoms with van der Waals surface area (Å²) in [6.45, 7) is 0.895. The molecule has 0 radical (unpaired) electrons. The third kappa shape index (κ3) is 4.19. The molecule has 6 heteroatoms. The standard InChI is InChI=1S/C18H26N2O4/c1-23-17-8-12(6-7-16(17)24-14-4-2-3-5-14)10-20-18(22)15-9-13(21)11-19-15/h6-8,13-15,19,21H,2-5,9-11H2,1H3,(H,20,22)/t13-,15-/m0/s1. The minimum absolute atomic E-state index is 0.0863. The molecule has 1 heterocycles. The molecule has 3 N–H and O–H groups in total. The molecule has 1 saturated carbocycles. The molecule has 1 aliphatic carbocycles. The zero-order chi connectivity index (χ0) is 16.9. The van der Waals surface area contributed by atoms with E-state index in [1.165, 1.54) is 12.8 Å². The van der Waals surface area contributed by atoms with E-state index in [-0.39, 0.29) is 18.1 Å². The first-order valence-corrected chi connectivity index (χ1v) is 8.68. The molecule has 6 nitrogen and oxygen atoms in total. The maximum atomic E-state index is 12.1. The maximum absolute atomic E-state index is 12.1. The van der Waals surface area contributed by atoms with Gasteiger partial charge in [-0.1, -0.05) is 6.07 Å². The molecule has 2 atom stereocenters. The van der Waals surface area contributed by atoms with Gasteiger partial charge in [0, 0.05) is 13.1 Å². The fraction of sp³-hybridized carbons (Fsp3) is 0.611. The van der Waals surface area contributed by atoms with Gasteiger partial charge in [0.15, 0.2) is 11.5 Å². The first-order chi connectivity index (χ1) is 11.7. The van der Waals surface area contributed by atoms with Crippen molar-refractivity contribution < 1.29 is 19.4 Å². The number of nitrogens with one attached hydrogen (secondary N) is 2. The summed E-state index contributed by atoms with van der Waals surface area (Å²) in [6.07, 6.45) is 4.95. The predicted octanol–water partition coefficient (Wildman–Crippen LogP) is 1.36. The normalized spacial score (nSPS) is 24.1. The molecule has 1 saturated heterocycles. The highest BCUT2D eigenvalue weighted by atomic mass is 16.5. The Labute approximate surface area is 142 Å². The van der Waals surface area contributed by atoms with Crippen LogP contribution in [0.15, 0.2) is 18.2 Å². The first-order valence-electron chi connectivity index (χ1n) is 8.68. The van der Waals surface area contributed by atoms with E-state index in [1.807, 2.05) is 18.2 Å². The number of benzene rings is 1. The number of carbonyl (C=O) groups is 1. The van der Waals surface area contributed by atoms with Gasteiger partial charge >= 0.3 is 0 Å². The van der Waals surface area contributed by atoms with Crippen molar-refractivity contribution in [3.63, 3.8) is 0 Å². The summed E-state index contributed by atoms with van der Waals surface area (Å²) in [5.41, 5.74) is 0.956. The first kappa shape index (κ1) is 17.0. The lowest BCUT2D eigenvalue weighted by molar-refractivity contribution is -0.123. The van der Waals surface area contributed by atoms with Crippen LogP contribution in [0, 0.1) is 0 Å². The third-order valence-corrected chi connectivity index (χ3v) is 4.71. The SMILES string of the molecule is COc1cc(CNC(=O)[C@@H]2C[C@H](O)CN2)ccc1OC1CCCC1. The van der Waals surface area contributed by atoms with Gasteiger partial charge in [-0.2, -0.15) is 0 Å². The zero-order valence-corrected chi connectivity index (χ0v) is 14.1. The zero-order valence-electron chi connectivity index (χ0n) is 14.1. The lowest BCUT2D eigenvalue weighted by Crippen LogP contribution is -2.40. The minimum atomic E-state index is -0.437. The number of aliphatic hydroxyl groups excluding tert-OH is 1. The van der Waals surface area contributed by atoms with Crippen molar-refractivity contribution in [3.05, 3.63) is 23.8 Å². The van der Waals surface area contributed by atoms with Crippen molar-refractivity contribution in [3.8, 4) is 11.5 Å². The van der Waals surface area contributed by atoms with E-state index in [1.54, 1.807) is 7.11 Å². The van der Waals surface area contributed by atoms with Gasteiger partial charge in [0.1, 0.15) is 0 Å². The second-order valence-electron chi connectivity index (χ2n) is 6.58. The quantitative estimate of drug-likeness (QED) is 0.732. The fourth-order valence-electron chi connectivity index (χ4n) is 3.33. The van der Waals surface area contributed by atoms with Crippen molar-refractivity contribution >= 4 is 5.91 Å². The maximum Gasteiger partial charge on any atom is 0.237 e. The van der Waals surface area contributed by atoms with Crippen molar-refractivity contribution in [2.75, 3.05) is 13.7 Å². The average molecular weight is 334 g/mol. The Morgan fingerprint density at radius 1 is 1.33 bits per heavy atom. The van der Waals surface area contributed by atoms with Crippen LogP contribution in [0.2, 0.25) is 0 Å². The molecule has 1 aliphatic heterocycles. The number of aliphatic hydroxyl groups is 1. The molecule has 1 aromatic rings. The largest absolute Gasteiger partial charge is 0.493 e. The Hall–Kier alpha value is -1.79. The Morgan fingerprint density at radius 3 is 2.79 bits per heavy atom. The number of carbonyl (C=O) groups excluding carboxylic acids is 1. The van der Waals surface area contributed by atoms with Crippen LogP contribution in [0.5, 0.6) is 11.5 Å². The number of hydrogen-bond acceptors (Lipinski definition) is 5. The smallest absolute Gasteiger partial charge is 0.237 e. The van der Waals surface area contributed by atoms with E-state index in [0.717, 1.165) is 24.2 Å². The number of hydrogen-bond donors (Lipinski definition) is 3. The Kier molecular flexibility index (Phi) is 5.58. The van der Waals surface area contributed by atoms with Crippen LogP contribution >= 0.6 is 0 Å². The summed E-state index contributed by atoms with van der Waals surface area (Å²) in [6, 6.07) is 5.45. The molecule has 2 fully saturated rings. The third-order valence-electron chi connectivity index (χ3n) is 4.71. The van der Waals surface area contributed by atoms with Gasteiger partial charge < -0.3 is 25.2 Å². The molecule has 0 aromatic heterocycles. The van der Waals surface area contributed by atoms with Crippen molar-refractivity contribution in [1.29, 1.82) is 0 Å². The molecular weight excluding hydrogens is 308 g/mol. The van der Waals surface area contributed by atoms with Gasteiger partial charge in [-0.15, -0.1) is 0 Å². The molecule has 24 heavy (non-hydrogen) atoms. The van der Waals surface area contributed by atoms with Gasteiger partial charge in [0.25, 0.3) is 0 Å². The Balaban J connectivity index is 1.56. The second-order valence-corrected chi connectivity index (χ2v) is 6.58. The number of β-amino-alcohol motifs (C(OH)–C–C–N with tert-alkyl or cyclic N) is 1. The lowest BCUT2D eigenvalue weighted by Gasteiger charge is -2.17. The summed E-state index contributed by atoms with van der Waals surface area (Å²) < 4.78 is 11.5. The van der Waals surface area contributed by atoms with Crippen molar-refractivity contribution in [2.45, 2.75) is 56.9 Å². The van der Waals surface area contributed by atoms with E-state index in [4.69, 9.17) is 9.47 Å². The topological polar surface area (TPSA) is 79.8 Å². The highest BCUT2D eigenvalue weighted by Crippen LogP contribution is 2.32. The van der Waals surface area contributed by atoms with Crippen LogP contribution in [-0.2, 0) is 11.3 Å². The number of methoxy groups -OCH3 is 1. The van der Waals surface area contributed by atoms with Crippen molar-refractivity contribution in [1.82, 2.24) is 10.6 Å². The number of rotatable bonds is 6. The number of ether oxygens (including phenoxy) is 2. The van der Waals surface area contributed by atoms with Crippen LogP contribution in [-0.4, -0.2) is 42.9 Å². The summed E-state index contributed by atoms with van der Waals surface area (Å²) in [7, 11) is 1.63. The van der Waals surface area contributed by atoms with Crippen LogP contribution in [0.4, 0.5) is 0 Å². The molecule has 1 amide bonds. The van der Waals surface area contributed by atoms with E-state index < -0.39 is 6.10 Å². The van der Waals surface area contributed by atoms with Crippen LogP contribution in [0.3, 0.4) is 0 Å². The summed E-state index contributed by atoms with van der Waals surface area (Å²) >= 11 is 0. The summed E-state index contributed by atoms with van der Waals surface area (Å²) in [4.78, 5) is 12.1. The van der Waals surface area contributed by atoms with Gasteiger partial charge in [-0.3, -0.25) is 4.79 Å². The van der Waals surface area contributed by atoms with Gasteiger partial charge in [-0.25, -0.2) is 0 Å². The monoisotopic (exact) mass is 334 g/mol. The second kappa shape index (κ2) is 7.85. The molecule has 1 aromatic carbocycles. The number of amides is 1. The predicted molar refractivity (Wildman–Crippen MR) is 90.1 cm³/mol. The van der Waals surface area contributed by atoms with Gasteiger partial charge in [0.05, 0.1) is 25.4 Å². The van der Waals surface area contributed by atoms with Crippen LogP contribution in [0.25, 0.3) is 0 Å². The summed E-state index contributed by atoms with van der Waals surface area (Å²) in [5.74, 6) is 1.37. The van der Waals surface area contributed by atoms with Gasteiger partial charge in [0.2, 0.25) is 5.91 Å². The highest BCUT2D eigenvalue weighted by molar-refractivity contribution is 5.82. The van der Waals surface area contributed by atoms with Crippen LogP contribution in [0.1, 0.15) is 37.7 Å². The molecule has 0 bridgehead atoms. The molecule has 0 unspecified atom stereocenters.